The number of hydrogen-bond acceptors (Lipinski definition) is 5. The second-order valence-electron chi connectivity index (χ2n) is 3.58. The minimum atomic E-state index is -1.22. The lowest BCUT2D eigenvalue weighted by atomic mass is 10.0. The molecule has 1 rings (SSSR count). The van der Waals surface area contributed by atoms with E-state index < -0.39 is 11.9 Å². The van der Waals surface area contributed by atoms with Crippen LogP contribution in [0.1, 0.15) is 15.9 Å². The molecule has 20 heavy (non-hydrogen) atoms. The highest BCUT2D eigenvalue weighted by Gasteiger charge is 2.13. The first kappa shape index (κ1) is 15.5. The standard InChI is InChI=1S/C12H11N3O4S/c1-20-12(14-6-13)15-8-3-2-7(4-10(16)17)9(5-8)11(18)19/h2-3,5H,4H2,1H3,(H,14,15)(H,16,17)(H,18,19). The van der Waals surface area contributed by atoms with Gasteiger partial charge in [-0.25, -0.2) is 9.79 Å². The maximum atomic E-state index is 11.1. The van der Waals surface area contributed by atoms with E-state index >= 15 is 0 Å². The van der Waals surface area contributed by atoms with Gasteiger partial charge in [-0.05, 0) is 24.0 Å². The van der Waals surface area contributed by atoms with Crippen molar-refractivity contribution in [3.8, 4) is 6.19 Å². The second kappa shape index (κ2) is 7.16. The summed E-state index contributed by atoms with van der Waals surface area (Å²) in [4.78, 5) is 25.9. The third-order valence-electron chi connectivity index (χ3n) is 2.25. The molecule has 0 fully saturated rings. The molecule has 0 unspecified atom stereocenters. The Morgan fingerprint density at radius 2 is 2.15 bits per heavy atom. The van der Waals surface area contributed by atoms with Crippen LogP contribution in [0.25, 0.3) is 0 Å². The number of amidine groups is 1. The van der Waals surface area contributed by atoms with Crippen LogP contribution in [0.5, 0.6) is 0 Å². The van der Waals surface area contributed by atoms with Gasteiger partial charge in [-0.3, -0.25) is 10.1 Å². The van der Waals surface area contributed by atoms with Gasteiger partial charge < -0.3 is 10.2 Å². The monoisotopic (exact) mass is 293 g/mol. The number of carbonyl (C=O) groups is 2. The summed E-state index contributed by atoms with van der Waals surface area (Å²) in [7, 11) is 0. The number of thioether (sulfide) groups is 1. The zero-order valence-corrected chi connectivity index (χ0v) is 11.3. The van der Waals surface area contributed by atoms with E-state index in [0.717, 1.165) is 0 Å². The van der Waals surface area contributed by atoms with Crippen molar-refractivity contribution >= 4 is 34.6 Å². The SMILES string of the molecule is CSC(=Nc1ccc(CC(=O)O)c(C(=O)O)c1)NC#N. The van der Waals surface area contributed by atoms with Crippen LogP contribution in [0.3, 0.4) is 0 Å². The Morgan fingerprint density at radius 1 is 1.45 bits per heavy atom. The van der Waals surface area contributed by atoms with E-state index in [1.54, 1.807) is 12.4 Å². The van der Waals surface area contributed by atoms with Gasteiger partial charge in [0.2, 0.25) is 0 Å². The number of carboxylic acid groups (broad SMARTS) is 2. The minimum absolute atomic E-state index is 0.119. The van der Waals surface area contributed by atoms with Crippen LogP contribution >= 0.6 is 11.8 Å². The minimum Gasteiger partial charge on any atom is -0.481 e. The molecule has 0 aliphatic heterocycles. The van der Waals surface area contributed by atoms with Gasteiger partial charge in [0.15, 0.2) is 11.4 Å². The molecular formula is C12H11N3O4S. The van der Waals surface area contributed by atoms with Gasteiger partial charge in [0.05, 0.1) is 17.7 Å². The molecule has 0 aromatic heterocycles. The first-order valence-electron chi connectivity index (χ1n) is 5.33. The molecule has 0 heterocycles. The molecule has 7 nitrogen and oxygen atoms in total. The Morgan fingerprint density at radius 3 is 2.65 bits per heavy atom. The van der Waals surface area contributed by atoms with Crippen molar-refractivity contribution in [3.63, 3.8) is 0 Å². The van der Waals surface area contributed by atoms with E-state index in [-0.39, 0.29) is 17.5 Å². The van der Waals surface area contributed by atoms with Gasteiger partial charge in [0.25, 0.3) is 0 Å². The van der Waals surface area contributed by atoms with Crippen LogP contribution in [0.2, 0.25) is 0 Å². The number of aliphatic imine (C=N–C) groups is 1. The van der Waals surface area contributed by atoms with E-state index in [0.29, 0.717) is 10.9 Å². The van der Waals surface area contributed by atoms with Crippen LogP contribution in [0.15, 0.2) is 23.2 Å². The summed E-state index contributed by atoms with van der Waals surface area (Å²) in [5, 5.41) is 29.0. The molecule has 0 aliphatic carbocycles. The fraction of sp³-hybridized carbons (Fsp3) is 0.167. The zero-order chi connectivity index (χ0) is 15.1. The largest absolute Gasteiger partial charge is 0.481 e. The van der Waals surface area contributed by atoms with Gasteiger partial charge in [-0.1, -0.05) is 17.8 Å². The first-order valence-corrected chi connectivity index (χ1v) is 6.56. The van der Waals surface area contributed by atoms with Crippen LogP contribution in [-0.4, -0.2) is 33.6 Å². The highest BCUT2D eigenvalue weighted by molar-refractivity contribution is 8.13. The molecule has 0 radical (unpaired) electrons. The van der Waals surface area contributed by atoms with Gasteiger partial charge >= 0.3 is 11.9 Å². The Labute approximate surface area is 118 Å². The highest BCUT2D eigenvalue weighted by atomic mass is 32.2. The summed E-state index contributed by atoms with van der Waals surface area (Å²) < 4.78 is 0. The number of nitrogens with one attached hydrogen (secondary N) is 1. The van der Waals surface area contributed by atoms with Crippen LogP contribution in [-0.2, 0) is 11.2 Å². The fourth-order valence-electron chi connectivity index (χ4n) is 1.44. The van der Waals surface area contributed by atoms with Crippen LogP contribution in [0.4, 0.5) is 5.69 Å². The maximum Gasteiger partial charge on any atom is 0.336 e. The molecule has 3 N–H and O–H groups in total. The normalized spacial score (nSPS) is 10.7. The third-order valence-corrected chi connectivity index (χ3v) is 2.83. The lowest BCUT2D eigenvalue weighted by molar-refractivity contribution is -0.136. The number of rotatable bonds is 4. The Hall–Kier alpha value is -2.53. The topological polar surface area (TPSA) is 123 Å². The van der Waals surface area contributed by atoms with Gasteiger partial charge in [-0.15, -0.1) is 0 Å². The van der Waals surface area contributed by atoms with Crippen molar-refractivity contribution in [1.82, 2.24) is 5.32 Å². The van der Waals surface area contributed by atoms with Crippen molar-refractivity contribution < 1.29 is 19.8 Å². The van der Waals surface area contributed by atoms with Gasteiger partial charge in [0, 0.05) is 0 Å². The number of aromatic carboxylic acids is 1. The van der Waals surface area contributed by atoms with E-state index in [1.165, 1.54) is 30.0 Å². The molecule has 1 aromatic carbocycles. The molecule has 104 valence electrons. The quantitative estimate of drug-likeness (QED) is 0.332. The summed E-state index contributed by atoms with van der Waals surface area (Å²) in [6.07, 6.45) is 3.05. The summed E-state index contributed by atoms with van der Waals surface area (Å²) in [5.41, 5.74) is 0.401. The molecule has 0 spiro atoms. The van der Waals surface area contributed by atoms with E-state index in [4.69, 9.17) is 15.5 Å². The average molecular weight is 293 g/mol. The smallest absolute Gasteiger partial charge is 0.336 e. The Balaban J connectivity index is 3.20. The molecular weight excluding hydrogens is 282 g/mol. The third kappa shape index (κ3) is 4.29. The van der Waals surface area contributed by atoms with Crippen molar-refractivity contribution in [3.05, 3.63) is 29.3 Å². The molecule has 0 saturated carbocycles. The zero-order valence-electron chi connectivity index (χ0n) is 10.5. The van der Waals surface area contributed by atoms with Crippen LogP contribution in [0, 0.1) is 11.5 Å². The van der Waals surface area contributed by atoms with E-state index in [9.17, 15) is 9.59 Å². The van der Waals surface area contributed by atoms with Crippen molar-refractivity contribution in [1.29, 1.82) is 5.26 Å². The Bertz CT molecular complexity index is 607. The number of nitriles is 1. The second-order valence-corrected chi connectivity index (χ2v) is 4.37. The molecule has 0 aliphatic rings. The summed E-state index contributed by atoms with van der Waals surface area (Å²) in [6, 6.07) is 4.18. The van der Waals surface area contributed by atoms with Crippen molar-refractivity contribution in [2.24, 2.45) is 4.99 Å². The molecule has 8 heteroatoms. The van der Waals surface area contributed by atoms with Crippen LogP contribution < -0.4 is 5.32 Å². The number of aliphatic carboxylic acids is 1. The predicted octanol–water partition coefficient (Wildman–Crippen LogP) is 1.43. The summed E-state index contributed by atoms with van der Waals surface area (Å²) in [5.74, 6) is -2.34. The van der Waals surface area contributed by atoms with Gasteiger partial charge in [-0.2, -0.15) is 5.26 Å². The van der Waals surface area contributed by atoms with E-state index in [2.05, 4.69) is 10.3 Å². The molecule has 0 saturated heterocycles. The van der Waals surface area contributed by atoms with Crippen molar-refractivity contribution in [2.75, 3.05) is 6.26 Å². The molecule has 0 bridgehead atoms. The predicted molar refractivity (Wildman–Crippen MR) is 74.1 cm³/mol. The Kier molecular flexibility index (Phi) is 5.56. The summed E-state index contributed by atoms with van der Waals surface area (Å²) >= 11 is 1.19. The van der Waals surface area contributed by atoms with Crippen molar-refractivity contribution in [2.45, 2.75) is 6.42 Å². The lowest BCUT2D eigenvalue weighted by Gasteiger charge is -2.05. The lowest BCUT2D eigenvalue weighted by Crippen LogP contribution is -2.12. The van der Waals surface area contributed by atoms with Gasteiger partial charge in [0.1, 0.15) is 0 Å². The number of nitrogens with zero attached hydrogens (tertiary/aromatic N) is 2. The van der Waals surface area contributed by atoms with E-state index in [1.807, 2.05) is 0 Å². The highest BCUT2D eigenvalue weighted by Crippen LogP contribution is 2.20. The fourth-order valence-corrected chi connectivity index (χ4v) is 1.78. The molecule has 0 atom stereocenters. The average Bonchev–Trinajstić information content (AvgIpc) is 2.39. The maximum absolute atomic E-state index is 11.1. The first-order chi connectivity index (χ1) is 9.47. The number of benzene rings is 1. The molecule has 1 aromatic rings. The number of hydrogen-bond donors (Lipinski definition) is 3. The number of carboxylic acids is 2. The summed E-state index contributed by atoms with van der Waals surface area (Å²) in [6.45, 7) is 0. The molecule has 0 amide bonds.